The second kappa shape index (κ2) is 10.9. The summed E-state index contributed by atoms with van der Waals surface area (Å²) in [7, 11) is 0. The summed E-state index contributed by atoms with van der Waals surface area (Å²) < 4.78 is 0. The molecule has 1 heterocycles. The first-order chi connectivity index (χ1) is 16.4. The van der Waals surface area contributed by atoms with Gasteiger partial charge in [-0.2, -0.15) is 0 Å². The minimum Gasteiger partial charge on any atom is -0.867 e. The monoisotopic (exact) mass is 487 g/mol. The fourth-order valence-electron chi connectivity index (χ4n) is 2.73. The number of nitrogens with zero attached hydrogens (tertiary/aromatic N) is 4. The zero-order valence-corrected chi connectivity index (χ0v) is 17.2. The van der Waals surface area contributed by atoms with Crippen LogP contribution >= 0.6 is 0 Å². The van der Waals surface area contributed by atoms with Gasteiger partial charge in [0.1, 0.15) is 0 Å². The molecule has 0 saturated carbocycles. The number of carbonyl (C=O) groups is 1. The predicted octanol–water partition coefficient (Wildman–Crippen LogP) is 2.18. The van der Waals surface area contributed by atoms with E-state index in [1.165, 1.54) is 12.1 Å². The number of aromatic amines is 1. The molecule has 180 valence electrons. The minimum atomic E-state index is -1.75. The summed E-state index contributed by atoms with van der Waals surface area (Å²) >= 11 is 0. The molecule has 0 aliphatic heterocycles. The fourth-order valence-corrected chi connectivity index (χ4v) is 2.73. The molecule has 0 bridgehead atoms. The molecule has 0 aliphatic rings. The lowest BCUT2D eigenvalue weighted by Crippen LogP contribution is -2.10. The lowest BCUT2D eigenvalue weighted by atomic mass is 10.1. The highest BCUT2D eigenvalue weighted by atomic mass is 16.6. The normalized spacial score (nSPS) is 9.94. The third kappa shape index (κ3) is 6.48. The molecule has 2 N–H and O–H groups in total. The first-order valence-corrected chi connectivity index (χ1v) is 9.16. The van der Waals surface area contributed by atoms with E-state index >= 15 is 0 Å². The van der Waals surface area contributed by atoms with E-state index in [1.807, 2.05) is 6.07 Å². The SMILES string of the molecule is O=C(O)c1cc([N+](=O)[O-])cc([N+](=O)[O-])c1[O-].O=[N+]([O-])c1ccc(Cc2cccc[nH+]2)c([N+](=O)[O-])c1. The van der Waals surface area contributed by atoms with Gasteiger partial charge < -0.3 is 10.2 Å². The van der Waals surface area contributed by atoms with Crippen LogP contribution in [0.3, 0.4) is 0 Å². The number of nitro groups is 4. The molecule has 0 saturated heterocycles. The lowest BCUT2D eigenvalue weighted by Gasteiger charge is -2.09. The molecule has 3 aromatic rings. The molecule has 35 heavy (non-hydrogen) atoms. The van der Waals surface area contributed by atoms with Crippen molar-refractivity contribution in [1.82, 2.24) is 0 Å². The zero-order valence-electron chi connectivity index (χ0n) is 17.2. The van der Waals surface area contributed by atoms with Crippen LogP contribution in [-0.2, 0) is 6.42 Å². The number of aromatic carboxylic acids is 1. The Balaban J connectivity index is 0.000000251. The van der Waals surface area contributed by atoms with Crippen molar-refractivity contribution in [1.29, 1.82) is 0 Å². The van der Waals surface area contributed by atoms with E-state index in [0.29, 0.717) is 24.1 Å². The second-order valence-electron chi connectivity index (χ2n) is 6.55. The number of hydrogen-bond donors (Lipinski definition) is 1. The number of carboxylic acid groups (broad SMARTS) is 1. The van der Waals surface area contributed by atoms with Gasteiger partial charge in [0.25, 0.3) is 22.7 Å². The van der Waals surface area contributed by atoms with Gasteiger partial charge in [0, 0.05) is 29.8 Å². The van der Waals surface area contributed by atoms with Crippen molar-refractivity contribution in [3.05, 3.63) is 112 Å². The average molecular weight is 487 g/mol. The van der Waals surface area contributed by atoms with Gasteiger partial charge in [-0.15, -0.1) is 0 Å². The molecule has 0 amide bonds. The van der Waals surface area contributed by atoms with Crippen LogP contribution in [0.1, 0.15) is 21.6 Å². The average Bonchev–Trinajstić information content (AvgIpc) is 2.79. The number of benzene rings is 2. The summed E-state index contributed by atoms with van der Waals surface area (Å²) in [6.45, 7) is 0. The molecule has 0 unspecified atom stereocenters. The number of aromatic nitrogens is 1. The number of rotatable bonds is 7. The second-order valence-corrected chi connectivity index (χ2v) is 6.55. The topological polar surface area (TPSA) is 247 Å². The maximum atomic E-state index is 11.2. The molecule has 0 radical (unpaired) electrons. The number of hydrogen-bond acceptors (Lipinski definition) is 10. The van der Waals surface area contributed by atoms with Crippen LogP contribution in [0.4, 0.5) is 22.7 Å². The summed E-state index contributed by atoms with van der Waals surface area (Å²) in [5, 5.41) is 62.0. The van der Waals surface area contributed by atoms with Crippen molar-refractivity contribution in [2.24, 2.45) is 0 Å². The van der Waals surface area contributed by atoms with Crippen molar-refractivity contribution in [3.63, 3.8) is 0 Å². The van der Waals surface area contributed by atoms with Crippen molar-refractivity contribution in [2.75, 3.05) is 0 Å². The standard InChI is InChI=1S/C12H9N3O4.C7H4N2O7/c16-14(17)11-5-4-9(12(8-11)15(18)19)7-10-3-1-2-6-13-10;10-6-4(7(11)12)1-3(8(13)14)2-5(6)9(15)16/h1-6,8H,7H2;1-2,10H,(H,11,12). The Bertz CT molecular complexity index is 1290. The molecule has 16 nitrogen and oxygen atoms in total. The summed E-state index contributed by atoms with van der Waals surface area (Å²) in [6, 6.07) is 9.98. The molecule has 0 aliphatic carbocycles. The molecule has 3 rings (SSSR count). The van der Waals surface area contributed by atoms with Gasteiger partial charge in [-0.05, 0) is 11.8 Å². The maximum Gasteiger partial charge on any atom is 0.335 e. The molecule has 0 spiro atoms. The zero-order chi connectivity index (χ0) is 26.3. The number of H-pyrrole nitrogens is 1. The summed E-state index contributed by atoms with van der Waals surface area (Å²) in [4.78, 5) is 52.3. The van der Waals surface area contributed by atoms with E-state index in [-0.39, 0.29) is 11.4 Å². The van der Waals surface area contributed by atoms with Crippen molar-refractivity contribution < 1.29 is 39.7 Å². The van der Waals surface area contributed by atoms with Gasteiger partial charge in [0.15, 0.2) is 11.9 Å². The Morgan fingerprint density at radius 3 is 1.89 bits per heavy atom. The van der Waals surface area contributed by atoms with Gasteiger partial charge in [-0.3, -0.25) is 40.5 Å². The van der Waals surface area contributed by atoms with Crippen molar-refractivity contribution in [3.8, 4) is 5.75 Å². The number of nitro benzene ring substituents is 4. The van der Waals surface area contributed by atoms with E-state index < -0.39 is 48.4 Å². The van der Waals surface area contributed by atoms with Crippen LogP contribution < -0.4 is 10.1 Å². The molecule has 0 atom stereocenters. The number of pyridine rings is 1. The third-order valence-electron chi connectivity index (χ3n) is 4.32. The Labute approximate surface area is 193 Å². The van der Waals surface area contributed by atoms with E-state index in [0.717, 1.165) is 11.8 Å². The highest BCUT2D eigenvalue weighted by Gasteiger charge is 2.22. The van der Waals surface area contributed by atoms with Crippen molar-refractivity contribution in [2.45, 2.75) is 6.42 Å². The molecule has 0 fully saturated rings. The Kier molecular flexibility index (Phi) is 7.98. The number of nitrogens with one attached hydrogen (secondary N) is 1. The lowest BCUT2D eigenvalue weighted by molar-refractivity contribution is -0.403. The maximum absolute atomic E-state index is 11.2. The first-order valence-electron chi connectivity index (χ1n) is 9.16. The number of carboxylic acids is 1. The molecular weight excluding hydrogens is 474 g/mol. The summed E-state index contributed by atoms with van der Waals surface area (Å²) in [5.41, 5.74) is -2.26. The highest BCUT2D eigenvalue weighted by Crippen LogP contribution is 2.32. The van der Waals surface area contributed by atoms with E-state index in [9.17, 15) is 50.4 Å². The van der Waals surface area contributed by atoms with Crippen LogP contribution in [0.2, 0.25) is 0 Å². The quantitative estimate of drug-likeness (QED) is 0.373. The van der Waals surface area contributed by atoms with Crippen LogP contribution in [0.25, 0.3) is 0 Å². The van der Waals surface area contributed by atoms with E-state index in [2.05, 4.69) is 4.98 Å². The summed E-state index contributed by atoms with van der Waals surface area (Å²) in [6.07, 6.45) is 2.03. The smallest absolute Gasteiger partial charge is 0.335 e. The molecular formula is C19H13N5O11. The van der Waals surface area contributed by atoms with Crippen LogP contribution in [-0.4, -0.2) is 30.8 Å². The Morgan fingerprint density at radius 2 is 1.40 bits per heavy atom. The molecule has 2 aromatic carbocycles. The van der Waals surface area contributed by atoms with E-state index in [4.69, 9.17) is 5.11 Å². The van der Waals surface area contributed by atoms with Crippen LogP contribution in [0.15, 0.2) is 54.7 Å². The van der Waals surface area contributed by atoms with Gasteiger partial charge in [-0.1, -0.05) is 6.07 Å². The van der Waals surface area contributed by atoms with Crippen LogP contribution in [0.5, 0.6) is 5.75 Å². The van der Waals surface area contributed by atoms with Crippen LogP contribution in [0, 0.1) is 40.5 Å². The fraction of sp³-hybridized carbons (Fsp3) is 0.0526. The van der Waals surface area contributed by atoms with E-state index in [1.54, 1.807) is 18.3 Å². The first kappa shape index (κ1) is 25.7. The van der Waals surface area contributed by atoms with Gasteiger partial charge in [-0.25, -0.2) is 9.78 Å². The largest absolute Gasteiger partial charge is 0.867 e. The Hall–Kier alpha value is -5.54. The molecule has 16 heteroatoms. The van der Waals surface area contributed by atoms with Crippen molar-refractivity contribution >= 4 is 28.7 Å². The van der Waals surface area contributed by atoms with Gasteiger partial charge in [0.05, 0.1) is 43.8 Å². The van der Waals surface area contributed by atoms with Gasteiger partial charge >= 0.3 is 5.97 Å². The predicted molar refractivity (Wildman–Crippen MR) is 112 cm³/mol. The Morgan fingerprint density at radius 1 is 0.800 bits per heavy atom. The minimum absolute atomic E-state index is 0.244. The number of non-ortho nitro benzene ring substituents is 2. The third-order valence-corrected chi connectivity index (χ3v) is 4.32. The highest BCUT2D eigenvalue weighted by molar-refractivity contribution is 5.93. The van der Waals surface area contributed by atoms with Gasteiger partial charge in [0.2, 0.25) is 0 Å². The summed E-state index contributed by atoms with van der Waals surface area (Å²) in [5.74, 6) is -3.11. The molecule has 1 aromatic heterocycles.